The molecule has 2 heterocycles. The second-order valence-corrected chi connectivity index (χ2v) is 7.76. The zero-order chi connectivity index (χ0) is 14.2. The van der Waals surface area contributed by atoms with Crippen LogP contribution in [-0.2, 0) is 10.2 Å². The Labute approximate surface area is 122 Å². The number of aromatic nitrogens is 1. The largest absolute Gasteiger partial charge is 0.303 e. The van der Waals surface area contributed by atoms with Gasteiger partial charge in [-0.05, 0) is 37.5 Å². The molecule has 0 unspecified atom stereocenters. The maximum atomic E-state index is 12.3. The van der Waals surface area contributed by atoms with Crippen LogP contribution in [0.2, 0.25) is 0 Å². The minimum atomic E-state index is -3.46. The molecule has 1 N–H and O–H groups in total. The van der Waals surface area contributed by atoms with Crippen LogP contribution >= 0.6 is 11.3 Å². The molecule has 1 fully saturated rings. The average molecular weight is 311 g/mol. The summed E-state index contributed by atoms with van der Waals surface area (Å²) < 4.78 is 29.7. The van der Waals surface area contributed by atoms with Crippen LogP contribution in [0.5, 0.6) is 0 Å². The first-order valence-corrected chi connectivity index (χ1v) is 8.95. The van der Waals surface area contributed by atoms with Crippen molar-refractivity contribution in [1.29, 1.82) is 0 Å². The molecule has 108 valence electrons. The van der Waals surface area contributed by atoms with Crippen molar-refractivity contribution < 1.29 is 8.42 Å². The van der Waals surface area contributed by atoms with E-state index in [1.165, 1.54) is 15.6 Å². The van der Waals surface area contributed by atoms with Gasteiger partial charge in [0.25, 0.3) is 0 Å². The van der Waals surface area contributed by atoms with Crippen molar-refractivity contribution in [1.82, 2.24) is 9.29 Å². The zero-order valence-electron chi connectivity index (χ0n) is 11.3. The van der Waals surface area contributed by atoms with Gasteiger partial charge in [0, 0.05) is 13.1 Å². The molecule has 0 spiro atoms. The Morgan fingerprint density at radius 2 is 2.00 bits per heavy atom. The zero-order valence-corrected chi connectivity index (χ0v) is 12.9. The van der Waals surface area contributed by atoms with Crippen molar-refractivity contribution in [2.45, 2.75) is 26.2 Å². The predicted octanol–water partition coefficient (Wildman–Crippen LogP) is 2.75. The molecular formula is C13H17N3O2S2. The molecule has 0 atom stereocenters. The molecule has 2 aromatic rings. The highest BCUT2D eigenvalue weighted by molar-refractivity contribution is 7.90. The fourth-order valence-electron chi connectivity index (χ4n) is 2.36. The smallest absolute Gasteiger partial charge is 0.246 e. The van der Waals surface area contributed by atoms with E-state index >= 15 is 0 Å². The molecule has 1 aromatic heterocycles. The van der Waals surface area contributed by atoms with Gasteiger partial charge in [-0.25, -0.2) is 9.71 Å². The van der Waals surface area contributed by atoms with Crippen LogP contribution in [0.15, 0.2) is 18.2 Å². The predicted molar refractivity (Wildman–Crippen MR) is 82.3 cm³/mol. The number of thiazole rings is 1. The van der Waals surface area contributed by atoms with Gasteiger partial charge in [-0.1, -0.05) is 23.8 Å². The first-order valence-electron chi connectivity index (χ1n) is 6.70. The van der Waals surface area contributed by atoms with E-state index in [0.29, 0.717) is 18.2 Å². The van der Waals surface area contributed by atoms with Gasteiger partial charge in [0.15, 0.2) is 5.13 Å². The molecule has 3 rings (SSSR count). The third-order valence-electron chi connectivity index (χ3n) is 3.42. The third kappa shape index (κ3) is 2.79. The summed E-state index contributed by atoms with van der Waals surface area (Å²) in [5, 5.41) is 0.441. The number of piperidine rings is 1. The van der Waals surface area contributed by atoms with E-state index in [-0.39, 0.29) is 0 Å². The first kappa shape index (κ1) is 13.8. The van der Waals surface area contributed by atoms with E-state index in [1.807, 2.05) is 25.1 Å². The highest BCUT2D eigenvalue weighted by Gasteiger charge is 2.24. The van der Waals surface area contributed by atoms with E-state index in [0.717, 1.165) is 35.0 Å². The van der Waals surface area contributed by atoms with Gasteiger partial charge in [-0.2, -0.15) is 12.7 Å². The van der Waals surface area contributed by atoms with Crippen LogP contribution in [0.4, 0.5) is 5.13 Å². The van der Waals surface area contributed by atoms with Crippen molar-refractivity contribution in [3.63, 3.8) is 0 Å². The maximum Gasteiger partial charge on any atom is 0.303 e. The Morgan fingerprint density at radius 3 is 2.75 bits per heavy atom. The number of aryl methyl sites for hydroxylation is 1. The fourth-order valence-corrected chi connectivity index (χ4v) is 4.79. The molecule has 20 heavy (non-hydrogen) atoms. The van der Waals surface area contributed by atoms with Gasteiger partial charge in [0.05, 0.1) is 10.2 Å². The highest BCUT2D eigenvalue weighted by atomic mass is 32.2. The molecule has 1 aromatic carbocycles. The van der Waals surface area contributed by atoms with E-state index in [4.69, 9.17) is 0 Å². The second-order valence-electron chi connectivity index (χ2n) is 5.06. The number of hydrogen-bond donors (Lipinski definition) is 1. The van der Waals surface area contributed by atoms with Crippen molar-refractivity contribution in [3.05, 3.63) is 23.8 Å². The number of rotatable bonds is 3. The number of fused-ring (bicyclic) bond motifs is 1. The van der Waals surface area contributed by atoms with Crippen molar-refractivity contribution >= 4 is 36.9 Å². The Kier molecular flexibility index (Phi) is 3.66. The molecule has 0 bridgehead atoms. The van der Waals surface area contributed by atoms with Gasteiger partial charge in [0.1, 0.15) is 0 Å². The summed E-state index contributed by atoms with van der Waals surface area (Å²) >= 11 is 1.37. The lowest BCUT2D eigenvalue weighted by atomic mass is 10.2. The molecule has 0 radical (unpaired) electrons. The number of nitrogens with one attached hydrogen (secondary N) is 1. The number of benzene rings is 1. The van der Waals surface area contributed by atoms with Gasteiger partial charge >= 0.3 is 10.2 Å². The topological polar surface area (TPSA) is 62.3 Å². The van der Waals surface area contributed by atoms with Gasteiger partial charge < -0.3 is 0 Å². The van der Waals surface area contributed by atoms with E-state index < -0.39 is 10.2 Å². The van der Waals surface area contributed by atoms with Crippen LogP contribution < -0.4 is 4.72 Å². The Bertz CT molecular complexity index is 718. The standard InChI is InChI=1S/C13H17N3O2S2/c1-10-5-6-11-12(9-10)19-13(14-11)15-20(17,18)16-7-3-2-4-8-16/h5-6,9H,2-4,7-8H2,1H3,(H,14,15). The summed E-state index contributed by atoms with van der Waals surface area (Å²) in [6.45, 7) is 3.20. The lowest BCUT2D eigenvalue weighted by Crippen LogP contribution is -2.39. The Balaban J connectivity index is 1.84. The maximum absolute atomic E-state index is 12.3. The number of hydrogen-bond acceptors (Lipinski definition) is 4. The normalized spacial score (nSPS) is 17.4. The van der Waals surface area contributed by atoms with Crippen molar-refractivity contribution in [2.24, 2.45) is 0 Å². The number of nitrogens with zero attached hydrogens (tertiary/aromatic N) is 2. The first-order chi connectivity index (χ1) is 9.54. The Morgan fingerprint density at radius 1 is 1.25 bits per heavy atom. The molecule has 0 amide bonds. The van der Waals surface area contributed by atoms with Crippen molar-refractivity contribution in [3.8, 4) is 0 Å². The monoisotopic (exact) mass is 311 g/mol. The van der Waals surface area contributed by atoms with Crippen LogP contribution in [0.3, 0.4) is 0 Å². The quantitative estimate of drug-likeness (QED) is 0.948. The molecule has 0 aliphatic carbocycles. The average Bonchev–Trinajstić information content (AvgIpc) is 2.80. The Hall–Kier alpha value is -1.18. The van der Waals surface area contributed by atoms with Gasteiger partial charge in [0.2, 0.25) is 0 Å². The van der Waals surface area contributed by atoms with E-state index in [9.17, 15) is 8.42 Å². The van der Waals surface area contributed by atoms with Crippen molar-refractivity contribution in [2.75, 3.05) is 17.8 Å². The SMILES string of the molecule is Cc1ccc2nc(NS(=O)(=O)N3CCCCC3)sc2c1. The summed E-state index contributed by atoms with van der Waals surface area (Å²) in [5.74, 6) is 0. The molecule has 0 saturated carbocycles. The molecule has 1 aliphatic heterocycles. The minimum Gasteiger partial charge on any atom is -0.246 e. The summed E-state index contributed by atoms with van der Waals surface area (Å²) in [5.41, 5.74) is 1.98. The van der Waals surface area contributed by atoms with Gasteiger partial charge in [-0.3, -0.25) is 0 Å². The molecule has 7 heteroatoms. The van der Waals surface area contributed by atoms with Crippen LogP contribution in [0.25, 0.3) is 10.2 Å². The second kappa shape index (κ2) is 5.31. The van der Waals surface area contributed by atoms with E-state index in [1.54, 1.807) is 0 Å². The number of anilines is 1. The van der Waals surface area contributed by atoms with Crippen LogP contribution in [0.1, 0.15) is 24.8 Å². The van der Waals surface area contributed by atoms with Crippen LogP contribution in [0, 0.1) is 6.92 Å². The van der Waals surface area contributed by atoms with Gasteiger partial charge in [-0.15, -0.1) is 0 Å². The third-order valence-corrected chi connectivity index (χ3v) is 5.97. The van der Waals surface area contributed by atoms with E-state index in [2.05, 4.69) is 9.71 Å². The molecular weight excluding hydrogens is 294 g/mol. The van der Waals surface area contributed by atoms with Crippen LogP contribution in [-0.4, -0.2) is 30.8 Å². The summed E-state index contributed by atoms with van der Waals surface area (Å²) in [4.78, 5) is 4.34. The lowest BCUT2D eigenvalue weighted by molar-refractivity contribution is 0.349. The molecule has 1 aliphatic rings. The summed E-state index contributed by atoms with van der Waals surface area (Å²) in [6.07, 6.45) is 2.96. The fraction of sp³-hybridized carbons (Fsp3) is 0.462. The highest BCUT2D eigenvalue weighted by Crippen LogP contribution is 2.28. The minimum absolute atomic E-state index is 0.441. The molecule has 5 nitrogen and oxygen atoms in total. The summed E-state index contributed by atoms with van der Waals surface area (Å²) in [6, 6.07) is 5.91. The lowest BCUT2D eigenvalue weighted by Gasteiger charge is -2.25. The summed E-state index contributed by atoms with van der Waals surface area (Å²) in [7, 11) is -3.46. The molecule has 1 saturated heterocycles.